The zero-order valence-electron chi connectivity index (χ0n) is 16.3. The Bertz CT molecular complexity index is 500. The van der Waals surface area contributed by atoms with Gasteiger partial charge in [-0.2, -0.15) is 0 Å². The summed E-state index contributed by atoms with van der Waals surface area (Å²) in [5.74, 6) is 0.785. The van der Waals surface area contributed by atoms with Crippen LogP contribution < -0.4 is 5.32 Å². The minimum Gasteiger partial charge on any atom is -0.385 e. The van der Waals surface area contributed by atoms with E-state index in [0.29, 0.717) is 18.4 Å². The number of rotatable bonds is 9. The van der Waals surface area contributed by atoms with Gasteiger partial charge in [0.2, 0.25) is 5.91 Å². The molecule has 0 aromatic heterocycles. The Morgan fingerprint density at radius 3 is 2.12 bits per heavy atom. The number of ether oxygens (including phenoxy) is 1. The highest BCUT2D eigenvalue weighted by atomic mass is 16.5. The third kappa shape index (κ3) is 5.60. The van der Waals surface area contributed by atoms with Crippen LogP contribution in [0.1, 0.15) is 64.0 Å². The number of hydrogen-bond donors (Lipinski definition) is 1. The number of benzene rings is 1. The molecular weight excluding hydrogens is 300 g/mol. The van der Waals surface area contributed by atoms with Crippen LogP contribution >= 0.6 is 0 Å². The van der Waals surface area contributed by atoms with E-state index in [2.05, 4.69) is 56.1 Å². The summed E-state index contributed by atoms with van der Waals surface area (Å²) in [6.45, 7) is 12.2. The number of nitrogens with one attached hydrogen (secondary N) is 1. The molecule has 1 atom stereocenters. The van der Waals surface area contributed by atoms with Crippen LogP contribution in [0, 0.1) is 0 Å². The number of para-hydroxylation sites is 1. The number of likely N-dealkylation sites (N-methyl/N-ethyl adjacent to an activating group) is 1. The first-order chi connectivity index (χ1) is 11.3. The predicted octanol–water partition coefficient (Wildman–Crippen LogP) is 4.23. The van der Waals surface area contributed by atoms with Crippen LogP contribution in [0.3, 0.4) is 0 Å². The summed E-state index contributed by atoms with van der Waals surface area (Å²) in [5, 5.41) is 3.20. The van der Waals surface area contributed by atoms with Crippen LogP contribution in [0.5, 0.6) is 0 Å². The number of carbonyl (C=O) groups is 1. The van der Waals surface area contributed by atoms with Gasteiger partial charge < -0.3 is 10.1 Å². The molecule has 4 nitrogen and oxygen atoms in total. The van der Waals surface area contributed by atoms with Gasteiger partial charge in [0.05, 0.1) is 6.04 Å². The summed E-state index contributed by atoms with van der Waals surface area (Å²) in [5.41, 5.74) is 3.39. The summed E-state index contributed by atoms with van der Waals surface area (Å²) >= 11 is 0. The summed E-state index contributed by atoms with van der Waals surface area (Å²) in [4.78, 5) is 14.8. The van der Waals surface area contributed by atoms with Crippen LogP contribution in [0.15, 0.2) is 18.2 Å². The summed E-state index contributed by atoms with van der Waals surface area (Å²) in [7, 11) is 3.68. The average Bonchev–Trinajstić information content (AvgIpc) is 2.53. The van der Waals surface area contributed by atoms with Crippen molar-refractivity contribution in [2.24, 2.45) is 0 Å². The Morgan fingerprint density at radius 1 is 1.12 bits per heavy atom. The first-order valence-corrected chi connectivity index (χ1v) is 8.92. The van der Waals surface area contributed by atoms with Crippen molar-refractivity contribution in [3.63, 3.8) is 0 Å². The first kappa shape index (κ1) is 20.7. The molecule has 0 bridgehead atoms. The van der Waals surface area contributed by atoms with Gasteiger partial charge in [-0.05, 0) is 43.4 Å². The van der Waals surface area contributed by atoms with Crippen molar-refractivity contribution in [2.75, 3.05) is 32.6 Å². The fraction of sp³-hybridized carbons (Fsp3) is 0.650. The van der Waals surface area contributed by atoms with Gasteiger partial charge in [-0.25, -0.2) is 0 Å². The van der Waals surface area contributed by atoms with Gasteiger partial charge >= 0.3 is 0 Å². The van der Waals surface area contributed by atoms with Crippen LogP contribution in [0.2, 0.25) is 0 Å². The Balaban J connectivity index is 2.92. The first-order valence-electron chi connectivity index (χ1n) is 8.92. The van der Waals surface area contributed by atoms with Crippen molar-refractivity contribution in [1.29, 1.82) is 0 Å². The van der Waals surface area contributed by atoms with Gasteiger partial charge in [0.25, 0.3) is 0 Å². The second-order valence-electron chi connectivity index (χ2n) is 7.11. The highest BCUT2D eigenvalue weighted by Crippen LogP contribution is 2.32. The van der Waals surface area contributed by atoms with E-state index in [1.54, 1.807) is 7.11 Å². The molecular formula is C20H34N2O2. The van der Waals surface area contributed by atoms with Crippen molar-refractivity contribution in [3.8, 4) is 0 Å². The zero-order valence-corrected chi connectivity index (χ0v) is 16.3. The third-order valence-corrected chi connectivity index (χ3v) is 4.52. The molecule has 0 aliphatic rings. The van der Waals surface area contributed by atoms with Gasteiger partial charge in [-0.3, -0.25) is 9.69 Å². The van der Waals surface area contributed by atoms with E-state index >= 15 is 0 Å². The topological polar surface area (TPSA) is 41.6 Å². The molecule has 0 saturated heterocycles. The van der Waals surface area contributed by atoms with E-state index in [1.165, 1.54) is 11.1 Å². The smallest absolute Gasteiger partial charge is 0.241 e. The highest BCUT2D eigenvalue weighted by Gasteiger charge is 2.21. The van der Waals surface area contributed by atoms with Gasteiger partial charge in [-0.15, -0.1) is 0 Å². The monoisotopic (exact) mass is 334 g/mol. The second-order valence-corrected chi connectivity index (χ2v) is 7.11. The zero-order chi connectivity index (χ0) is 18.3. The van der Waals surface area contributed by atoms with Crippen LogP contribution in [-0.4, -0.2) is 44.2 Å². The molecule has 1 aromatic carbocycles. The fourth-order valence-electron chi connectivity index (χ4n) is 2.78. The minimum absolute atomic E-state index is 0.0462. The largest absolute Gasteiger partial charge is 0.385 e. The molecule has 0 aliphatic carbocycles. The van der Waals surface area contributed by atoms with Crippen molar-refractivity contribution < 1.29 is 9.53 Å². The van der Waals surface area contributed by atoms with Crippen LogP contribution in [0.25, 0.3) is 0 Å². The molecule has 1 unspecified atom stereocenters. The number of hydrogen-bond acceptors (Lipinski definition) is 3. The lowest BCUT2D eigenvalue weighted by molar-refractivity contribution is -0.120. The van der Waals surface area contributed by atoms with Crippen molar-refractivity contribution >= 4 is 11.6 Å². The van der Waals surface area contributed by atoms with Gasteiger partial charge in [0.1, 0.15) is 0 Å². The summed E-state index contributed by atoms with van der Waals surface area (Å²) < 4.78 is 5.09. The lowest BCUT2D eigenvalue weighted by Gasteiger charge is -2.26. The van der Waals surface area contributed by atoms with Crippen molar-refractivity contribution in [2.45, 2.75) is 58.9 Å². The van der Waals surface area contributed by atoms with E-state index in [1.807, 2.05) is 14.0 Å². The number of amides is 1. The molecule has 0 saturated carbocycles. The summed E-state index contributed by atoms with van der Waals surface area (Å²) in [6.07, 6.45) is 0.921. The Kier molecular flexibility index (Phi) is 8.43. The third-order valence-electron chi connectivity index (χ3n) is 4.52. The molecule has 1 aromatic rings. The summed E-state index contributed by atoms with van der Waals surface area (Å²) in [6, 6.07) is 6.13. The molecule has 0 aliphatic heterocycles. The maximum atomic E-state index is 12.8. The maximum Gasteiger partial charge on any atom is 0.241 e. The molecule has 0 radical (unpaired) electrons. The molecule has 0 heterocycles. The molecule has 0 fully saturated rings. The number of nitrogens with zero attached hydrogens (tertiary/aromatic N) is 1. The average molecular weight is 335 g/mol. The van der Waals surface area contributed by atoms with Crippen LogP contribution in [0.4, 0.5) is 5.69 Å². The molecule has 1 rings (SSSR count). The van der Waals surface area contributed by atoms with E-state index in [0.717, 1.165) is 18.7 Å². The van der Waals surface area contributed by atoms with E-state index < -0.39 is 0 Å². The quantitative estimate of drug-likeness (QED) is 0.687. The number of carbonyl (C=O) groups excluding carboxylic acids is 1. The highest BCUT2D eigenvalue weighted by molar-refractivity contribution is 5.96. The van der Waals surface area contributed by atoms with E-state index in [-0.39, 0.29) is 11.9 Å². The van der Waals surface area contributed by atoms with Crippen molar-refractivity contribution in [1.82, 2.24) is 4.90 Å². The number of methoxy groups -OCH3 is 1. The molecule has 0 spiro atoms. The van der Waals surface area contributed by atoms with Crippen molar-refractivity contribution in [3.05, 3.63) is 29.3 Å². The maximum absolute atomic E-state index is 12.8. The normalized spacial score (nSPS) is 12.9. The fourth-order valence-corrected chi connectivity index (χ4v) is 2.78. The number of anilines is 1. The lowest BCUT2D eigenvalue weighted by Crippen LogP contribution is -2.40. The van der Waals surface area contributed by atoms with Gasteiger partial charge in [0.15, 0.2) is 0 Å². The predicted molar refractivity (Wildman–Crippen MR) is 102 cm³/mol. The molecule has 24 heavy (non-hydrogen) atoms. The minimum atomic E-state index is -0.179. The SMILES string of the molecule is COCCCN(C)C(C)C(=O)Nc1c(C(C)C)cccc1C(C)C. The molecule has 1 N–H and O–H groups in total. The molecule has 4 heteroatoms. The van der Waals surface area contributed by atoms with E-state index in [9.17, 15) is 4.79 Å². The van der Waals surface area contributed by atoms with Gasteiger partial charge in [0, 0.05) is 25.9 Å². The second kappa shape index (κ2) is 9.80. The molecule has 136 valence electrons. The van der Waals surface area contributed by atoms with Crippen LogP contribution in [-0.2, 0) is 9.53 Å². The van der Waals surface area contributed by atoms with E-state index in [4.69, 9.17) is 4.74 Å². The lowest BCUT2D eigenvalue weighted by atomic mass is 9.92. The molecule has 1 amide bonds. The Labute approximate surface area is 147 Å². The Morgan fingerprint density at radius 2 is 1.67 bits per heavy atom. The standard InChI is InChI=1S/C20H34N2O2/c1-14(2)17-10-8-11-18(15(3)4)19(17)21-20(23)16(5)22(6)12-9-13-24-7/h8,10-11,14-16H,9,12-13H2,1-7H3,(H,21,23). The van der Waals surface area contributed by atoms with Gasteiger partial charge in [-0.1, -0.05) is 45.9 Å². The Hall–Kier alpha value is -1.39.